The number of rotatable bonds is 15. The lowest BCUT2D eigenvalue weighted by Gasteiger charge is -2.48. The molecule has 0 unspecified atom stereocenters. The number of halogens is 1. The van der Waals surface area contributed by atoms with Gasteiger partial charge in [-0.3, -0.25) is 34.4 Å². The van der Waals surface area contributed by atoms with Gasteiger partial charge in [0.15, 0.2) is 9.84 Å². The Bertz CT molecular complexity index is 3580. The van der Waals surface area contributed by atoms with Crippen LogP contribution in [0.2, 0.25) is 0 Å². The topological polar surface area (TPSA) is 219 Å². The highest BCUT2D eigenvalue weighted by Crippen LogP contribution is 2.41. The standard InChI is InChI=1S/C63H83FN14O7S/c1-40-33-75(24-23-74(40)35-48-36-77(60(81)85-61(5,6)7)41(2)34-76(48)37-55(79)78-38-63(11,12)56-51(78)28-45(31-66-56)27-44-13-16-47(64)17-14-44)59(80)46-15-18-54(65-32-46)73-21-19-72(20-22-73)25-26-84-52-30-50-49(29-53(52)86(82,83)62(8,9)10)58(68-39-67-50)69-57-42(3)43(4)70-71-57/h13-18,28-32,39-41,48H,19-27,33-38H2,1-12H3,(H2,67,68,69,70,71)/t40-,41+,48+/m1/s1. The number of hydrogen-bond donors (Lipinski definition) is 2. The lowest BCUT2D eigenvalue weighted by Crippen LogP contribution is -2.65. The summed E-state index contributed by atoms with van der Waals surface area (Å²) in [6.45, 7) is 30.0. The van der Waals surface area contributed by atoms with E-state index in [0.717, 1.165) is 52.7 Å². The second kappa shape index (κ2) is 24.4. The van der Waals surface area contributed by atoms with Crippen molar-refractivity contribution in [2.45, 2.75) is 128 Å². The van der Waals surface area contributed by atoms with E-state index in [1.54, 1.807) is 56.1 Å². The molecule has 4 aliphatic rings. The summed E-state index contributed by atoms with van der Waals surface area (Å²) < 4.78 is 53.0. The number of hydrogen-bond acceptors (Lipinski definition) is 17. The maximum atomic E-state index is 14.7. The van der Waals surface area contributed by atoms with Crippen LogP contribution in [0.25, 0.3) is 10.9 Å². The van der Waals surface area contributed by atoms with E-state index in [-0.39, 0.29) is 71.1 Å². The number of H-pyrrole nitrogens is 1. The zero-order chi connectivity index (χ0) is 61.6. The first-order valence-electron chi connectivity index (χ1n) is 29.8. The van der Waals surface area contributed by atoms with Gasteiger partial charge >= 0.3 is 6.09 Å². The molecule has 2 N–H and O–H groups in total. The van der Waals surface area contributed by atoms with Crippen molar-refractivity contribution < 1.29 is 36.7 Å². The van der Waals surface area contributed by atoms with Gasteiger partial charge in [-0.05, 0) is 123 Å². The van der Waals surface area contributed by atoms with Crippen LogP contribution in [-0.4, -0.2) is 201 Å². The van der Waals surface area contributed by atoms with Crippen LogP contribution in [0.15, 0.2) is 78.2 Å². The maximum absolute atomic E-state index is 14.7. The summed E-state index contributed by atoms with van der Waals surface area (Å²) in [5.41, 5.74) is 5.28. The number of pyridine rings is 2. The summed E-state index contributed by atoms with van der Waals surface area (Å²) in [6, 6.07) is 15.1. The fourth-order valence-corrected chi connectivity index (χ4v) is 13.2. The summed E-state index contributed by atoms with van der Waals surface area (Å²) in [6.07, 6.45) is 5.12. The summed E-state index contributed by atoms with van der Waals surface area (Å²) in [5.74, 6) is 1.70. The molecule has 8 heterocycles. The first-order valence-corrected chi connectivity index (χ1v) is 31.3. The van der Waals surface area contributed by atoms with Crippen molar-refractivity contribution in [3.8, 4) is 5.75 Å². The average molecular weight is 1200 g/mol. The number of carbonyl (C=O) groups is 3. The number of nitrogens with one attached hydrogen (secondary N) is 2. The normalized spacial score (nSPS) is 19.9. The molecule has 3 saturated heterocycles. The number of aromatic amines is 1. The number of nitrogens with zero attached hydrogens (tertiary/aromatic N) is 12. The Morgan fingerprint density at radius 1 is 0.826 bits per heavy atom. The molecule has 0 radical (unpaired) electrons. The maximum Gasteiger partial charge on any atom is 0.410 e. The van der Waals surface area contributed by atoms with Gasteiger partial charge in [-0.25, -0.2) is 32.6 Å². The fraction of sp³-hybridized carbons (Fsp3) is 0.524. The Balaban J connectivity index is 0.743. The number of benzene rings is 2. The zero-order valence-corrected chi connectivity index (χ0v) is 52.6. The van der Waals surface area contributed by atoms with Gasteiger partial charge in [0.05, 0.1) is 39.4 Å². The van der Waals surface area contributed by atoms with Crippen LogP contribution < -0.4 is 19.9 Å². The van der Waals surface area contributed by atoms with E-state index in [1.807, 2.05) is 75.7 Å². The number of piperazine rings is 3. The molecule has 0 bridgehead atoms. The van der Waals surface area contributed by atoms with Gasteiger partial charge in [0.25, 0.3) is 5.91 Å². The number of sulfone groups is 1. The van der Waals surface area contributed by atoms with Gasteiger partial charge in [0.1, 0.15) is 52.5 Å². The Morgan fingerprint density at radius 3 is 2.23 bits per heavy atom. The zero-order valence-electron chi connectivity index (χ0n) is 51.8. The first kappa shape index (κ1) is 61.7. The SMILES string of the molecule is Cc1n[nH]c(Nc2ncnc3cc(OCCN4CCN(c5ccc(C(=O)N6CCN(C[C@H]7CN(C(=O)OC(C)(C)C)[C@@H](C)CN7CC(=O)N7CC(C)(C)c8ncc(Cc9ccc(F)cc9)cc87)[C@H](C)C6)cn5)CC4)c(S(=O)(=O)C(C)(C)C)cc23)c1C. The number of aromatic nitrogens is 6. The Labute approximate surface area is 504 Å². The van der Waals surface area contributed by atoms with Crippen LogP contribution in [0.1, 0.15) is 108 Å². The highest BCUT2D eigenvalue weighted by molar-refractivity contribution is 7.92. The van der Waals surface area contributed by atoms with Crippen molar-refractivity contribution >= 4 is 61.8 Å². The summed E-state index contributed by atoms with van der Waals surface area (Å²) in [4.78, 5) is 75.8. The minimum Gasteiger partial charge on any atom is -0.491 e. The van der Waals surface area contributed by atoms with Crippen molar-refractivity contribution in [2.75, 3.05) is 107 Å². The van der Waals surface area contributed by atoms with E-state index in [0.29, 0.717) is 100.0 Å². The predicted molar refractivity (Wildman–Crippen MR) is 330 cm³/mol. The lowest BCUT2D eigenvalue weighted by molar-refractivity contribution is -0.121. The highest BCUT2D eigenvalue weighted by Gasteiger charge is 2.44. The van der Waals surface area contributed by atoms with Crippen molar-refractivity contribution in [2.24, 2.45) is 0 Å². The lowest BCUT2D eigenvalue weighted by atomic mass is 9.91. The third-order valence-corrected chi connectivity index (χ3v) is 19.6. The molecule has 3 fully saturated rings. The van der Waals surface area contributed by atoms with Crippen LogP contribution >= 0.6 is 0 Å². The molecule has 86 heavy (non-hydrogen) atoms. The molecule has 3 amide bonds. The van der Waals surface area contributed by atoms with Crippen LogP contribution in [0, 0.1) is 19.7 Å². The van der Waals surface area contributed by atoms with Crippen LogP contribution in [0.3, 0.4) is 0 Å². The number of aryl methyl sites for hydroxylation is 1. The summed E-state index contributed by atoms with van der Waals surface area (Å²) >= 11 is 0. The van der Waals surface area contributed by atoms with E-state index in [4.69, 9.17) is 19.4 Å². The molecule has 3 atom stereocenters. The Hall–Kier alpha value is -7.34. The van der Waals surface area contributed by atoms with Crippen molar-refractivity contribution in [1.29, 1.82) is 0 Å². The number of carbonyl (C=O) groups excluding carboxylic acids is 3. The Morgan fingerprint density at radius 2 is 1.57 bits per heavy atom. The second-order valence-corrected chi connectivity index (χ2v) is 28.9. The van der Waals surface area contributed by atoms with Crippen LogP contribution in [-0.2, 0) is 31.2 Å². The molecule has 6 aromatic rings. The number of fused-ring (bicyclic) bond motifs is 2. The molecule has 10 rings (SSSR count). The average Bonchev–Trinajstić information content (AvgIpc) is 1.57. The van der Waals surface area contributed by atoms with E-state index in [2.05, 4.69) is 65.9 Å². The van der Waals surface area contributed by atoms with E-state index < -0.39 is 20.2 Å². The first-order chi connectivity index (χ1) is 40.6. The van der Waals surface area contributed by atoms with Gasteiger partial charge in [0.2, 0.25) is 5.91 Å². The fourth-order valence-electron chi connectivity index (χ4n) is 11.9. The molecule has 23 heteroatoms. The largest absolute Gasteiger partial charge is 0.491 e. The molecule has 0 saturated carbocycles. The molecule has 460 valence electrons. The Kier molecular flexibility index (Phi) is 17.5. The minimum absolute atomic E-state index is 0.0239. The van der Waals surface area contributed by atoms with Gasteiger partial charge in [-0.15, -0.1) is 0 Å². The molecular weight excluding hydrogens is 1120 g/mol. The smallest absolute Gasteiger partial charge is 0.410 e. The summed E-state index contributed by atoms with van der Waals surface area (Å²) in [5, 5.41) is 11.1. The molecular formula is C63H83FN14O7S. The summed E-state index contributed by atoms with van der Waals surface area (Å²) in [7, 11) is -3.85. The number of ether oxygens (including phenoxy) is 2. The molecule has 0 aliphatic carbocycles. The van der Waals surface area contributed by atoms with E-state index >= 15 is 0 Å². The molecule has 0 spiro atoms. The third kappa shape index (κ3) is 13.4. The van der Waals surface area contributed by atoms with Gasteiger partial charge in [0, 0.05) is 131 Å². The second-order valence-electron chi connectivity index (χ2n) is 26.2. The number of amides is 3. The van der Waals surface area contributed by atoms with Crippen LogP contribution in [0.5, 0.6) is 5.75 Å². The van der Waals surface area contributed by atoms with E-state index in [1.165, 1.54) is 18.5 Å². The van der Waals surface area contributed by atoms with E-state index in [9.17, 15) is 27.2 Å². The minimum atomic E-state index is -3.85. The molecule has 4 aromatic heterocycles. The third-order valence-electron chi connectivity index (χ3n) is 17.1. The molecule has 2 aromatic carbocycles. The van der Waals surface area contributed by atoms with Crippen LogP contribution in [0.4, 0.5) is 32.3 Å². The van der Waals surface area contributed by atoms with Gasteiger partial charge < -0.3 is 34.4 Å². The monoisotopic (exact) mass is 1200 g/mol. The van der Waals surface area contributed by atoms with Gasteiger partial charge in [-0.2, -0.15) is 5.10 Å². The highest BCUT2D eigenvalue weighted by atomic mass is 32.2. The quantitative estimate of drug-likeness (QED) is 0.100. The predicted octanol–water partition coefficient (Wildman–Crippen LogP) is 7.79. The molecule has 4 aliphatic heterocycles. The van der Waals surface area contributed by atoms with Crippen molar-refractivity contribution in [1.82, 2.24) is 54.6 Å². The van der Waals surface area contributed by atoms with Gasteiger partial charge in [-0.1, -0.05) is 26.0 Å². The number of anilines is 4. The molecule has 21 nitrogen and oxygen atoms in total. The van der Waals surface area contributed by atoms with Crippen molar-refractivity contribution in [3.63, 3.8) is 0 Å². The van der Waals surface area contributed by atoms with Crippen molar-refractivity contribution in [3.05, 3.63) is 113 Å².